The molecule has 0 aromatic heterocycles. The van der Waals surface area contributed by atoms with Crippen LogP contribution in [-0.2, 0) is 6.54 Å². The number of carboxylic acids is 1. The standard InChI is InChI=1S/C25H31NO4/c1-2-29-21-9-10-22(19-7-8-19)20(15-21)16-26-13-11-18(12-14-26)17-30-24-6-4-3-5-23(24)25(27)28/h3-6,9-10,15,18-19H,2,7-8,11-14,16-17H2,1H3,(H,27,28). The first-order chi connectivity index (χ1) is 14.6. The van der Waals surface area contributed by atoms with Crippen LogP contribution in [0.3, 0.4) is 0 Å². The minimum Gasteiger partial charge on any atom is -0.494 e. The summed E-state index contributed by atoms with van der Waals surface area (Å²) in [4.78, 5) is 13.9. The van der Waals surface area contributed by atoms with Crippen molar-refractivity contribution in [2.75, 3.05) is 26.3 Å². The van der Waals surface area contributed by atoms with Gasteiger partial charge in [-0.05, 0) is 92.9 Å². The molecule has 0 atom stereocenters. The number of carboxylic acid groups (broad SMARTS) is 1. The van der Waals surface area contributed by atoms with Crippen molar-refractivity contribution in [3.05, 3.63) is 59.2 Å². The third-order valence-corrected chi connectivity index (χ3v) is 6.14. The number of para-hydroxylation sites is 1. The van der Waals surface area contributed by atoms with Crippen LogP contribution in [0.25, 0.3) is 0 Å². The lowest BCUT2D eigenvalue weighted by atomic mass is 9.96. The maximum absolute atomic E-state index is 11.3. The van der Waals surface area contributed by atoms with Crippen molar-refractivity contribution in [3.63, 3.8) is 0 Å². The van der Waals surface area contributed by atoms with Crippen LogP contribution in [0.4, 0.5) is 0 Å². The van der Waals surface area contributed by atoms with E-state index in [1.807, 2.05) is 13.0 Å². The third kappa shape index (κ3) is 5.14. The maximum Gasteiger partial charge on any atom is 0.339 e. The molecule has 0 bridgehead atoms. The minimum absolute atomic E-state index is 0.233. The molecule has 0 unspecified atom stereocenters. The molecule has 1 saturated heterocycles. The van der Waals surface area contributed by atoms with E-state index in [1.165, 1.54) is 24.0 Å². The molecular formula is C25H31NO4. The van der Waals surface area contributed by atoms with Gasteiger partial charge in [0.1, 0.15) is 17.1 Å². The van der Waals surface area contributed by atoms with E-state index in [2.05, 4.69) is 23.1 Å². The first-order valence-corrected chi connectivity index (χ1v) is 11.1. The van der Waals surface area contributed by atoms with Gasteiger partial charge in [-0.2, -0.15) is 0 Å². The summed E-state index contributed by atoms with van der Waals surface area (Å²) >= 11 is 0. The van der Waals surface area contributed by atoms with E-state index in [-0.39, 0.29) is 5.56 Å². The molecule has 0 amide bonds. The summed E-state index contributed by atoms with van der Waals surface area (Å²) in [5, 5.41) is 9.30. The van der Waals surface area contributed by atoms with Gasteiger partial charge in [0.2, 0.25) is 0 Å². The highest BCUT2D eigenvalue weighted by Crippen LogP contribution is 2.43. The fraction of sp³-hybridized carbons (Fsp3) is 0.480. The molecule has 0 spiro atoms. The number of ether oxygens (including phenoxy) is 2. The second-order valence-corrected chi connectivity index (χ2v) is 8.40. The lowest BCUT2D eigenvalue weighted by molar-refractivity contribution is 0.0689. The zero-order valence-corrected chi connectivity index (χ0v) is 17.7. The van der Waals surface area contributed by atoms with Gasteiger partial charge in [-0.15, -0.1) is 0 Å². The van der Waals surface area contributed by atoms with Crippen LogP contribution >= 0.6 is 0 Å². The molecule has 2 aromatic rings. The Morgan fingerprint density at radius 3 is 2.53 bits per heavy atom. The number of hydrogen-bond acceptors (Lipinski definition) is 4. The summed E-state index contributed by atoms with van der Waals surface area (Å²) in [6.45, 7) is 6.34. The summed E-state index contributed by atoms with van der Waals surface area (Å²) in [5.41, 5.74) is 3.14. The van der Waals surface area contributed by atoms with Crippen LogP contribution in [0.1, 0.15) is 60.0 Å². The second kappa shape index (κ2) is 9.52. The van der Waals surface area contributed by atoms with E-state index in [1.54, 1.807) is 18.2 Å². The van der Waals surface area contributed by atoms with Gasteiger partial charge >= 0.3 is 5.97 Å². The number of carbonyl (C=O) groups is 1. The molecule has 1 saturated carbocycles. The Bertz CT molecular complexity index is 869. The van der Waals surface area contributed by atoms with Crippen molar-refractivity contribution in [2.24, 2.45) is 5.92 Å². The van der Waals surface area contributed by atoms with Crippen molar-refractivity contribution >= 4 is 5.97 Å². The number of aromatic carboxylic acids is 1. The molecule has 2 fully saturated rings. The van der Waals surface area contributed by atoms with Crippen LogP contribution < -0.4 is 9.47 Å². The van der Waals surface area contributed by atoms with Gasteiger partial charge in [0.15, 0.2) is 0 Å². The molecule has 4 rings (SSSR count). The van der Waals surface area contributed by atoms with Gasteiger partial charge in [-0.25, -0.2) is 4.79 Å². The molecule has 5 heteroatoms. The molecule has 160 valence electrons. The fourth-order valence-electron chi connectivity index (χ4n) is 4.30. The molecule has 0 radical (unpaired) electrons. The largest absolute Gasteiger partial charge is 0.494 e. The normalized spacial score (nSPS) is 17.6. The summed E-state index contributed by atoms with van der Waals surface area (Å²) < 4.78 is 11.6. The predicted molar refractivity (Wildman–Crippen MR) is 116 cm³/mol. The van der Waals surface area contributed by atoms with Crippen LogP contribution in [-0.4, -0.2) is 42.3 Å². The third-order valence-electron chi connectivity index (χ3n) is 6.14. The van der Waals surface area contributed by atoms with E-state index in [9.17, 15) is 9.90 Å². The molecule has 1 aliphatic carbocycles. The van der Waals surface area contributed by atoms with E-state index in [4.69, 9.17) is 9.47 Å². The Kier molecular flexibility index (Phi) is 6.58. The Hall–Kier alpha value is -2.53. The van der Waals surface area contributed by atoms with Crippen LogP contribution in [0.2, 0.25) is 0 Å². The summed E-state index contributed by atoms with van der Waals surface area (Å²) in [6, 6.07) is 13.5. The zero-order chi connectivity index (χ0) is 20.9. The first kappa shape index (κ1) is 20.7. The minimum atomic E-state index is -0.943. The average Bonchev–Trinajstić information content (AvgIpc) is 3.59. The summed E-state index contributed by atoms with van der Waals surface area (Å²) in [6.07, 6.45) is 4.74. The average molecular weight is 410 g/mol. The second-order valence-electron chi connectivity index (χ2n) is 8.40. The highest BCUT2D eigenvalue weighted by Gasteiger charge is 2.28. The number of rotatable bonds is 9. The van der Waals surface area contributed by atoms with E-state index in [0.717, 1.165) is 44.1 Å². The SMILES string of the molecule is CCOc1ccc(C2CC2)c(CN2CCC(COc3ccccc3C(=O)O)CC2)c1. The summed E-state index contributed by atoms with van der Waals surface area (Å²) in [7, 11) is 0. The van der Waals surface area contributed by atoms with Crippen molar-refractivity contribution in [3.8, 4) is 11.5 Å². The van der Waals surface area contributed by atoms with Gasteiger partial charge < -0.3 is 14.6 Å². The Morgan fingerprint density at radius 2 is 1.83 bits per heavy atom. The number of nitrogens with zero attached hydrogens (tertiary/aromatic N) is 1. The molecule has 5 nitrogen and oxygen atoms in total. The fourth-order valence-corrected chi connectivity index (χ4v) is 4.30. The number of benzene rings is 2. The van der Waals surface area contributed by atoms with Gasteiger partial charge in [-0.3, -0.25) is 4.90 Å². The molecular weight excluding hydrogens is 378 g/mol. The number of likely N-dealkylation sites (tertiary alicyclic amines) is 1. The van der Waals surface area contributed by atoms with Crippen molar-refractivity contribution in [1.29, 1.82) is 0 Å². The highest BCUT2D eigenvalue weighted by atomic mass is 16.5. The maximum atomic E-state index is 11.3. The topological polar surface area (TPSA) is 59.0 Å². The van der Waals surface area contributed by atoms with E-state index < -0.39 is 5.97 Å². The molecule has 1 heterocycles. The Balaban J connectivity index is 1.31. The monoisotopic (exact) mass is 409 g/mol. The smallest absolute Gasteiger partial charge is 0.339 e. The number of hydrogen-bond donors (Lipinski definition) is 1. The van der Waals surface area contributed by atoms with Crippen LogP contribution in [0.5, 0.6) is 11.5 Å². The van der Waals surface area contributed by atoms with Crippen molar-refractivity contribution in [2.45, 2.75) is 45.1 Å². The van der Waals surface area contributed by atoms with Gasteiger partial charge in [0.25, 0.3) is 0 Å². The molecule has 2 aliphatic rings. The van der Waals surface area contributed by atoms with Gasteiger partial charge in [0.05, 0.1) is 13.2 Å². The zero-order valence-electron chi connectivity index (χ0n) is 17.7. The lowest BCUT2D eigenvalue weighted by Crippen LogP contribution is -2.35. The molecule has 1 N–H and O–H groups in total. The van der Waals surface area contributed by atoms with E-state index in [0.29, 0.717) is 24.9 Å². The van der Waals surface area contributed by atoms with E-state index >= 15 is 0 Å². The summed E-state index contributed by atoms with van der Waals surface area (Å²) in [5.74, 6) is 1.68. The first-order valence-electron chi connectivity index (χ1n) is 11.1. The van der Waals surface area contributed by atoms with Crippen molar-refractivity contribution in [1.82, 2.24) is 4.90 Å². The Morgan fingerprint density at radius 1 is 1.07 bits per heavy atom. The molecule has 2 aromatic carbocycles. The highest BCUT2D eigenvalue weighted by molar-refractivity contribution is 5.90. The molecule has 1 aliphatic heterocycles. The lowest BCUT2D eigenvalue weighted by Gasteiger charge is -2.32. The van der Waals surface area contributed by atoms with Gasteiger partial charge in [-0.1, -0.05) is 18.2 Å². The molecule has 30 heavy (non-hydrogen) atoms. The van der Waals surface area contributed by atoms with Crippen LogP contribution in [0.15, 0.2) is 42.5 Å². The van der Waals surface area contributed by atoms with Gasteiger partial charge in [0, 0.05) is 6.54 Å². The van der Waals surface area contributed by atoms with Crippen molar-refractivity contribution < 1.29 is 19.4 Å². The Labute approximate surface area is 178 Å². The van der Waals surface area contributed by atoms with Crippen LogP contribution in [0, 0.1) is 5.92 Å². The predicted octanol–water partition coefficient (Wildman–Crippen LogP) is 4.95. The quantitative estimate of drug-likeness (QED) is 0.635. The number of piperidine rings is 1.